The summed E-state index contributed by atoms with van der Waals surface area (Å²) in [5, 5.41) is 3.98. The lowest BCUT2D eigenvalue weighted by Gasteiger charge is -1.96. The van der Waals surface area contributed by atoms with Crippen molar-refractivity contribution >= 4 is 12.3 Å². The minimum atomic E-state index is -0.440. The van der Waals surface area contributed by atoms with Crippen molar-refractivity contribution in [3.05, 3.63) is 41.6 Å². The fourth-order valence-corrected chi connectivity index (χ4v) is 1.38. The summed E-state index contributed by atoms with van der Waals surface area (Å²) >= 11 is 0. The predicted octanol–water partition coefficient (Wildman–Crippen LogP) is 1.12. The van der Waals surface area contributed by atoms with E-state index in [1.54, 1.807) is 18.3 Å². The third-order valence-electron chi connectivity index (χ3n) is 2.17. The first-order valence-electron chi connectivity index (χ1n) is 4.87. The van der Waals surface area contributed by atoms with Gasteiger partial charge in [-0.05, 0) is 12.1 Å². The van der Waals surface area contributed by atoms with Crippen LogP contribution in [0.15, 0.2) is 28.9 Å². The van der Waals surface area contributed by atoms with E-state index >= 15 is 0 Å². The number of esters is 1. The molecule has 2 rings (SSSR count). The molecule has 0 saturated carbocycles. The Balaban J connectivity index is 2.11. The molecule has 0 spiro atoms. The van der Waals surface area contributed by atoms with Gasteiger partial charge in [0, 0.05) is 6.20 Å². The maximum atomic E-state index is 11.2. The van der Waals surface area contributed by atoms with Crippen LogP contribution < -0.4 is 0 Å². The minimum absolute atomic E-state index is 0.264. The molecule has 0 atom stereocenters. The highest BCUT2D eigenvalue weighted by molar-refractivity contribution is 5.88. The highest BCUT2D eigenvalue weighted by atomic mass is 16.5. The molecule has 2 heterocycles. The predicted molar refractivity (Wildman–Crippen MR) is 56.8 cm³/mol. The normalized spacial score (nSPS) is 10.2. The van der Waals surface area contributed by atoms with E-state index in [1.165, 1.54) is 18.0 Å². The summed E-state index contributed by atoms with van der Waals surface area (Å²) < 4.78 is 11.3. The van der Waals surface area contributed by atoms with Crippen molar-refractivity contribution in [1.29, 1.82) is 0 Å². The number of ether oxygens (including phenoxy) is 1. The molecule has 17 heavy (non-hydrogen) atoms. The number of hydrogen-bond donors (Lipinski definition) is 0. The van der Waals surface area contributed by atoms with Gasteiger partial charge in [-0.3, -0.25) is 9.48 Å². The van der Waals surface area contributed by atoms with Crippen molar-refractivity contribution in [3.63, 3.8) is 0 Å². The fraction of sp³-hybridized carbons (Fsp3) is 0.182. The second-order valence-corrected chi connectivity index (χ2v) is 3.34. The second-order valence-electron chi connectivity index (χ2n) is 3.34. The van der Waals surface area contributed by atoms with Gasteiger partial charge in [-0.2, -0.15) is 5.10 Å². The lowest BCUT2D eigenvalue weighted by atomic mass is 10.4. The van der Waals surface area contributed by atoms with E-state index < -0.39 is 5.97 Å². The second kappa shape index (κ2) is 4.65. The Kier molecular flexibility index (Phi) is 3.04. The van der Waals surface area contributed by atoms with Gasteiger partial charge in [0.2, 0.25) is 0 Å². The molecule has 0 aliphatic carbocycles. The Hall–Kier alpha value is -2.37. The maximum Gasteiger partial charge on any atom is 0.341 e. The highest BCUT2D eigenvalue weighted by Gasteiger charge is 2.09. The molecule has 0 aliphatic rings. The van der Waals surface area contributed by atoms with Crippen molar-refractivity contribution in [1.82, 2.24) is 9.78 Å². The largest absolute Gasteiger partial charge is 0.465 e. The van der Waals surface area contributed by atoms with Gasteiger partial charge in [-0.15, -0.1) is 0 Å². The molecule has 0 fully saturated rings. The van der Waals surface area contributed by atoms with E-state index in [1.807, 2.05) is 0 Å². The Labute approximate surface area is 96.8 Å². The van der Waals surface area contributed by atoms with E-state index in [4.69, 9.17) is 4.42 Å². The van der Waals surface area contributed by atoms with Crippen LogP contribution in [0.5, 0.6) is 0 Å². The van der Waals surface area contributed by atoms with Gasteiger partial charge in [-0.1, -0.05) is 0 Å². The van der Waals surface area contributed by atoms with Crippen LogP contribution in [-0.4, -0.2) is 29.1 Å². The molecule has 0 saturated heterocycles. The molecule has 0 bridgehead atoms. The Morgan fingerprint density at radius 2 is 2.41 bits per heavy atom. The van der Waals surface area contributed by atoms with Crippen LogP contribution >= 0.6 is 0 Å². The van der Waals surface area contributed by atoms with E-state index in [9.17, 15) is 9.59 Å². The number of rotatable bonds is 4. The van der Waals surface area contributed by atoms with Crippen molar-refractivity contribution in [2.24, 2.45) is 0 Å². The first kappa shape index (κ1) is 11.1. The van der Waals surface area contributed by atoms with Crippen LogP contribution in [0.2, 0.25) is 0 Å². The molecular weight excluding hydrogens is 224 g/mol. The van der Waals surface area contributed by atoms with Crippen molar-refractivity contribution in [2.75, 3.05) is 7.11 Å². The molecule has 0 amide bonds. The summed E-state index contributed by atoms with van der Waals surface area (Å²) in [6, 6.07) is 3.26. The lowest BCUT2D eigenvalue weighted by molar-refractivity contribution is 0.0600. The number of carbonyl (C=O) groups excluding carboxylic acids is 2. The molecule has 0 aromatic carbocycles. The zero-order valence-corrected chi connectivity index (χ0v) is 9.12. The number of carbonyl (C=O) groups is 2. The topological polar surface area (TPSA) is 74.3 Å². The van der Waals surface area contributed by atoms with Crippen LogP contribution in [0.3, 0.4) is 0 Å². The van der Waals surface area contributed by atoms with Gasteiger partial charge in [0.25, 0.3) is 0 Å². The molecule has 2 aromatic heterocycles. The first-order valence-corrected chi connectivity index (χ1v) is 4.87. The van der Waals surface area contributed by atoms with E-state index in [0.29, 0.717) is 24.2 Å². The quantitative estimate of drug-likeness (QED) is 0.585. The molecule has 88 valence electrons. The average molecular weight is 234 g/mol. The van der Waals surface area contributed by atoms with Crippen LogP contribution in [0.4, 0.5) is 0 Å². The van der Waals surface area contributed by atoms with Gasteiger partial charge in [0.05, 0.1) is 25.4 Å². The zero-order chi connectivity index (χ0) is 12.3. The fourth-order valence-electron chi connectivity index (χ4n) is 1.38. The van der Waals surface area contributed by atoms with E-state index in [2.05, 4.69) is 9.84 Å². The lowest BCUT2D eigenvalue weighted by Crippen LogP contribution is -2.01. The van der Waals surface area contributed by atoms with Crippen LogP contribution in [-0.2, 0) is 11.3 Å². The SMILES string of the molecule is COC(=O)c1cnn(Cc2ccc(C=O)o2)c1. The molecule has 2 aromatic rings. The number of nitrogens with zero attached hydrogens (tertiary/aromatic N) is 2. The maximum absolute atomic E-state index is 11.2. The molecule has 0 radical (unpaired) electrons. The summed E-state index contributed by atoms with van der Waals surface area (Å²) in [5.41, 5.74) is 0.370. The molecular formula is C11H10N2O4. The highest BCUT2D eigenvalue weighted by Crippen LogP contribution is 2.08. The van der Waals surface area contributed by atoms with E-state index in [0.717, 1.165) is 0 Å². The molecule has 6 heteroatoms. The van der Waals surface area contributed by atoms with Crippen LogP contribution in [0, 0.1) is 0 Å². The summed E-state index contributed by atoms with van der Waals surface area (Å²) in [5.74, 6) is 0.413. The molecule has 0 aliphatic heterocycles. The number of aromatic nitrogens is 2. The Morgan fingerprint density at radius 3 is 3.06 bits per heavy atom. The van der Waals surface area contributed by atoms with Crippen molar-refractivity contribution in [3.8, 4) is 0 Å². The summed E-state index contributed by atoms with van der Waals surface area (Å²) in [6.07, 6.45) is 3.59. The monoisotopic (exact) mass is 234 g/mol. The summed E-state index contributed by atoms with van der Waals surface area (Å²) in [6.45, 7) is 0.352. The average Bonchev–Trinajstić information content (AvgIpc) is 2.97. The molecule has 0 N–H and O–H groups in total. The van der Waals surface area contributed by atoms with Gasteiger partial charge in [0.1, 0.15) is 5.76 Å². The van der Waals surface area contributed by atoms with Gasteiger partial charge in [0.15, 0.2) is 12.0 Å². The Morgan fingerprint density at radius 1 is 1.59 bits per heavy atom. The first-order chi connectivity index (χ1) is 8.22. The summed E-state index contributed by atoms with van der Waals surface area (Å²) in [7, 11) is 1.31. The van der Waals surface area contributed by atoms with Crippen LogP contribution in [0.25, 0.3) is 0 Å². The third-order valence-corrected chi connectivity index (χ3v) is 2.17. The standard InChI is InChI=1S/C11H10N2O4/c1-16-11(15)8-4-12-13(5-8)6-9-2-3-10(7-14)17-9/h2-5,7H,6H2,1H3. The third kappa shape index (κ3) is 2.41. The van der Waals surface area contributed by atoms with Crippen molar-refractivity contribution in [2.45, 2.75) is 6.54 Å². The van der Waals surface area contributed by atoms with E-state index in [-0.39, 0.29) is 5.76 Å². The number of furan rings is 1. The number of aldehydes is 1. The van der Waals surface area contributed by atoms with Gasteiger partial charge < -0.3 is 9.15 Å². The van der Waals surface area contributed by atoms with Gasteiger partial charge in [-0.25, -0.2) is 4.79 Å². The van der Waals surface area contributed by atoms with Crippen molar-refractivity contribution < 1.29 is 18.7 Å². The van der Waals surface area contributed by atoms with Gasteiger partial charge >= 0.3 is 5.97 Å². The smallest absolute Gasteiger partial charge is 0.341 e. The number of methoxy groups -OCH3 is 1. The number of hydrogen-bond acceptors (Lipinski definition) is 5. The molecule has 6 nitrogen and oxygen atoms in total. The molecule has 0 unspecified atom stereocenters. The minimum Gasteiger partial charge on any atom is -0.465 e. The van der Waals surface area contributed by atoms with Crippen LogP contribution in [0.1, 0.15) is 26.7 Å². The summed E-state index contributed by atoms with van der Waals surface area (Å²) in [4.78, 5) is 21.6. The zero-order valence-electron chi connectivity index (χ0n) is 9.12. The Bertz CT molecular complexity index is 541.